The summed E-state index contributed by atoms with van der Waals surface area (Å²) >= 11 is 0. The Bertz CT molecular complexity index is 876. The Hall–Kier alpha value is -3.90. The van der Waals surface area contributed by atoms with Crippen molar-refractivity contribution in [1.29, 1.82) is 5.26 Å². The highest BCUT2D eigenvalue weighted by molar-refractivity contribution is 6.02. The number of allylic oxidation sites excluding steroid dienone is 5. The molecule has 0 aliphatic heterocycles. The predicted octanol–water partition coefficient (Wildman–Crippen LogP) is 4.13. The largest absolute Gasteiger partial charge is 0.405 e. The highest BCUT2D eigenvalue weighted by atomic mass is 19.1. The van der Waals surface area contributed by atoms with Gasteiger partial charge >= 0.3 is 0 Å². The molecule has 0 atom stereocenters. The Morgan fingerprint density at radius 2 is 1.90 bits per heavy atom. The van der Waals surface area contributed by atoms with Gasteiger partial charge < -0.3 is 11.1 Å². The molecule has 0 aliphatic rings. The fourth-order valence-electron chi connectivity index (χ4n) is 2.06. The predicted molar refractivity (Wildman–Crippen MR) is 121 cm³/mol. The topological polar surface area (TPSA) is 86.6 Å². The van der Waals surface area contributed by atoms with Gasteiger partial charge in [-0.25, -0.2) is 14.4 Å². The number of halogens is 1. The van der Waals surface area contributed by atoms with Gasteiger partial charge in [-0.2, -0.15) is 5.26 Å². The maximum atomic E-state index is 13.5. The first kappa shape index (κ1) is 25.1. The molecule has 1 rings (SSSR count). The number of hydrogen-bond donors (Lipinski definition) is 2. The molecule has 150 valence electrons. The van der Waals surface area contributed by atoms with Crippen LogP contribution in [0.4, 0.5) is 4.39 Å². The average molecular weight is 391 g/mol. The van der Waals surface area contributed by atoms with Crippen molar-refractivity contribution in [2.75, 3.05) is 13.7 Å². The number of hydrogen-bond acceptors (Lipinski definition) is 4. The fraction of sp³-hybridized carbons (Fsp3) is 0.174. The van der Waals surface area contributed by atoms with Gasteiger partial charge in [0, 0.05) is 13.3 Å². The van der Waals surface area contributed by atoms with Crippen LogP contribution >= 0.6 is 0 Å². The number of nitriles is 1. The molecule has 0 spiro atoms. The van der Waals surface area contributed by atoms with E-state index in [4.69, 9.17) is 11.0 Å². The van der Waals surface area contributed by atoms with Gasteiger partial charge in [-0.3, -0.25) is 0 Å². The van der Waals surface area contributed by atoms with Crippen LogP contribution in [0.2, 0.25) is 0 Å². The molecule has 0 heterocycles. The van der Waals surface area contributed by atoms with E-state index in [0.717, 1.165) is 5.57 Å². The first-order chi connectivity index (χ1) is 14.1. The standard InChI is InChI=1S/C21H24FN5.C2H2/c1-4-26-21(16(2)6-5-13-23)27-20(25-3)12-11-19(14-22)18-9-7-17(15-24)8-10-18;1-2/h4-13,25H,14,23H2,1-3H3;1-2H/b13-5-,16-6+,19-11+,20-12+,26-4?,27-21-;. The second-order valence-electron chi connectivity index (χ2n) is 5.37. The number of nitrogens with two attached hydrogens (primary N) is 1. The summed E-state index contributed by atoms with van der Waals surface area (Å²) < 4.78 is 13.5. The highest BCUT2D eigenvalue weighted by Gasteiger charge is 2.03. The molecule has 1 aromatic rings. The van der Waals surface area contributed by atoms with Crippen LogP contribution in [0.1, 0.15) is 25.0 Å². The Balaban J connectivity index is 0.00000379. The smallest absolute Gasteiger partial charge is 0.156 e. The molecule has 0 amide bonds. The molecule has 0 aliphatic carbocycles. The van der Waals surface area contributed by atoms with Crippen molar-refractivity contribution in [2.45, 2.75) is 13.8 Å². The number of nitrogens with zero attached hydrogens (tertiary/aromatic N) is 3. The lowest BCUT2D eigenvalue weighted by Crippen LogP contribution is -2.07. The Labute approximate surface area is 172 Å². The van der Waals surface area contributed by atoms with Gasteiger partial charge in [0.25, 0.3) is 0 Å². The van der Waals surface area contributed by atoms with E-state index in [2.05, 4.69) is 28.1 Å². The van der Waals surface area contributed by atoms with Gasteiger partial charge in [-0.1, -0.05) is 24.3 Å². The van der Waals surface area contributed by atoms with Crippen molar-refractivity contribution in [1.82, 2.24) is 5.32 Å². The maximum Gasteiger partial charge on any atom is 0.156 e. The lowest BCUT2D eigenvalue weighted by molar-refractivity contribution is 0.571. The van der Waals surface area contributed by atoms with Crippen molar-refractivity contribution in [3.8, 4) is 18.9 Å². The minimum absolute atomic E-state index is 0.487. The van der Waals surface area contributed by atoms with E-state index in [9.17, 15) is 4.39 Å². The number of amidine groups is 1. The second-order valence-corrected chi connectivity index (χ2v) is 5.37. The number of nitrogens with one attached hydrogen (secondary N) is 1. The molecule has 5 nitrogen and oxygen atoms in total. The van der Waals surface area contributed by atoms with E-state index in [0.29, 0.717) is 28.4 Å². The number of alkyl halides is 1. The monoisotopic (exact) mass is 391 g/mol. The van der Waals surface area contributed by atoms with Crippen molar-refractivity contribution >= 4 is 17.6 Å². The van der Waals surface area contributed by atoms with Crippen molar-refractivity contribution in [3.05, 3.63) is 77.3 Å². The zero-order valence-corrected chi connectivity index (χ0v) is 16.9. The number of rotatable bonds is 7. The minimum atomic E-state index is -0.636. The lowest BCUT2D eigenvalue weighted by atomic mass is 10.0. The molecule has 3 N–H and O–H groups in total. The third-order valence-electron chi connectivity index (χ3n) is 3.52. The molecular weight excluding hydrogens is 365 g/mol. The summed E-state index contributed by atoms with van der Waals surface area (Å²) in [6, 6.07) is 8.81. The zero-order chi connectivity index (χ0) is 22.1. The van der Waals surface area contributed by atoms with E-state index in [1.54, 1.807) is 68.8 Å². The summed E-state index contributed by atoms with van der Waals surface area (Å²) in [4.78, 5) is 8.75. The van der Waals surface area contributed by atoms with Crippen LogP contribution < -0.4 is 11.1 Å². The summed E-state index contributed by atoms with van der Waals surface area (Å²) in [7, 11) is 1.73. The normalized spacial score (nSPS) is 13.1. The van der Waals surface area contributed by atoms with Crippen LogP contribution in [-0.2, 0) is 0 Å². The second kappa shape index (κ2) is 15.2. The van der Waals surface area contributed by atoms with Crippen LogP contribution in [0.3, 0.4) is 0 Å². The number of aliphatic imine (C=N–C) groups is 2. The molecule has 0 saturated heterocycles. The number of benzene rings is 1. The molecule has 6 heteroatoms. The molecule has 0 saturated carbocycles. The van der Waals surface area contributed by atoms with Gasteiger partial charge in [0.2, 0.25) is 0 Å². The van der Waals surface area contributed by atoms with Gasteiger partial charge in [-0.05, 0) is 61.0 Å². The molecule has 0 radical (unpaired) electrons. The first-order valence-electron chi connectivity index (χ1n) is 8.70. The van der Waals surface area contributed by atoms with Gasteiger partial charge in [0.15, 0.2) is 5.84 Å². The maximum absolute atomic E-state index is 13.5. The lowest BCUT2D eigenvalue weighted by Gasteiger charge is -2.05. The van der Waals surface area contributed by atoms with E-state index >= 15 is 0 Å². The van der Waals surface area contributed by atoms with E-state index in [1.165, 1.54) is 6.20 Å². The Kier molecular flexibility index (Phi) is 13.1. The third kappa shape index (κ3) is 9.03. The van der Waals surface area contributed by atoms with E-state index in [1.807, 2.05) is 13.0 Å². The van der Waals surface area contributed by atoms with Crippen molar-refractivity contribution in [3.63, 3.8) is 0 Å². The van der Waals surface area contributed by atoms with Crippen LogP contribution in [0.15, 0.2) is 76.1 Å². The first-order valence-corrected chi connectivity index (χ1v) is 8.70. The van der Waals surface area contributed by atoms with Crippen LogP contribution in [0, 0.1) is 24.2 Å². The summed E-state index contributed by atoms with van der Waals surface area (Å²) in [5.74, 6) is 1.05. The quantitative estimate of drug-likeness (QED) is 0.317. The Morgan fingerprint density at radius 3 is 2.38 bits per heavy atom. The zero-order valence-electron chi connectivity index (χ0n) is 16.9. The van der Waals surface area contributed by atoms with Crippen LogP contribution in [0.5, 0.6) is 0 Å². The fourth-order valence-corrected chi connectivity index (χ4v) is 2.06. The van der Waals surface area contributed by atoms with Crippen LogP contribution in [-0.4, -0.2) is 25.8 Å². The molecule has 0 bridgehead atoms. The van der Waals surface area contributed by atoms with E-state index in [-0.39, 0.29) is 0 Å². The molecule has 0 fully saturated rings. The summed E-state index contributed by atoms with van der Waals surface area (Å²) in [5, 5.41) is 11.8. The molecule has 1 aromatic carbocycles. The third-order valence-corrected chi connectivity index (χ3v) is 3.52. The highest BCUT2D eigenvalue weighted by Crippen LogP contribution is 2.16. The SMILES string of the molecule is C#C.CC=NC(=N\C(=C\C=C(/CF)c1ccc(C#N)cc1)NC)/C(C)=C/C=C\N. The summed E-state index contributed by atoms with van der Waals surface area (Å²) in [5.41, 5.74) is 7.92. The number of terminal acetylenes is 1. The summed E-state index contributed by atoms with van der Waals surface area (Å²) in [6.45, 7) is 3.04. The summed E-state index contributed by atoms with van der Waals surface area (Å²) in [6.07, 6.45) is 17.9. The molecule has 0 unspecified atom stereocenters. The Morgan fingerprint density at radius 1 is 1.24 bits per heavy atom. The van der Waals surface area contributed by atoms with Gasteiger partial charge in [0.1, 0.15) is 12.5 Å². The molecule has 0 aromatic heterocycles. The minimum Gasteiger partial charge on any atom is -0.405 e. The van der Waals surface area contributed by atoms with Crippen LogP contribution in [0.25, 0.3) is 5.57 Å². The molecular formula is C23H26FN5. The van der Waals surface area contributed by atoms with Crippen molar-refractivity contribution in [2.24, 2.45) is 15.7 Å². The average Bonchev–Trinajstić information content (AvgIpc) is 2.78. The molecule has 29 heavy (non-hydrogen) atoms. The van der Waals surface area contributed by atoms with E-state index < -0.39 is 6.67 Å². The van der Waals surface area contributed by atoms with Gasteiger partial charge in [0.05, 0.1) is 11.6 Å². The van der Waals surface area contributed by atoms with Crippen molar-refractivity contribution < 1.29 is 4.39 Å². The van der Waals surface area contributed by atoms with Gasteiger partial charge in [-0.15, -0.1) is 12.8 Å².